The molecule has 51 heavy (non-hydrogen) atoms. The number of furan rings is 1. The van der Waals surface area contributed by atoms with Gasteiger partial charge in [0.05, 0.1) is 28.0 Å². The van der Waals surface area contributed by atoms with Gasteiger partial charge < -0.3 is 4.42 Å². The van der Waals surface area contributed by atoms with Crippen molar-refractivity contribution in [3.05, 3.63) is 164 Å². The number of benzene rings is 6. The largest absolute Gasteiger partial charge is 0.456 e. The SMILES string of the molecule is c1ccc(-c2nc(-c3ccccc3)nc(-c3cccc(-c4nc(-c5ccc6ccc7ccccc7c6n5)cc5oc6ccccc6c45)c3)n2)cc1. The second kappa shape index (κ2) is 11.8. The predicted molar refractivity (Wildman–Crippen MR) is 205 cm³/mol. The van der Waals surface area contributed by atoms with Crippen LogP contribution in [0.2, 0.25) is 0 Å². The lowest BCUT2D eigenvalue weighted by atomic mass is 10.0. The molecule has 0 fully saturated rings. The molecule has 0 bridgehead atoms. The highest BCUT2D eigenvalue weighted by molar-refractivity contribution is 6.12. The van der Waals surface area contributed by atoms with E-state index in [2.05, 4.69) is 60.7 Å². The number of hydrogen-bond acceptors (Lipinski definition) is 6. The Bertz CT molecular complexity index is 2860. The monoisotopic (exact) mass is 653 g/mol. The van der Waals surface area contributed by atoms with Gasteiger partial charge in [-0.05, 0) is 23.6 Å². The highest BCUT2D eigenvalue weighted by atomic mass is 16.3. The van der Waals surface area contributed by atoms with Crippen LogP contribution in [0.15, 0.2) is 168 Å². The van der Waals surface area contributed by atoms with Crippen LogP contribution in [0.5, 0.6) is 0 Å². The van der Waals surface area contributed by atoms with Crippen LogP contribution >= 0.6 is 0 Å². The average Bonchev–Trinajstić information content (AvgIpc) is 3.59. The Kier molecular flexibility index (Phi) is 6.70. The molecular weight excluding hydrogens is 627 g/mol. The minimum absolute atomic E-state index is 0.581. The molecule has 0 spiro atoms. The van der Waals surface area contributed by atoms with Gasteiger partial charge in [-0.2, -0.15) is 0 Å². The fourth-order valence-corrected chi connectivity index (χ4v) is 6.83. The Balaban J connectivity index is 1.18. The molecule has 0 saturated carbocycles. The Hall–Kier alpha value is -7.05. The third kappa shape index (κ3) is 5.09. The molecule has 6 heteroatoms. The minimum Gasteiger partial charge on any atom is -0.456 e. The Morgan fingerprint density at radius 2 is 0.941 bits per heavy atom. The van der Waals surface area contributed by atoms with E-state index in [1.54, 1.807) is 0 Å². The molecule has 4 aromatic heterocycles. The summed E-state index contributed by atoms with van der Waals surface area (Å²) in [6.45, 7) is 0. The summed E-state index contributed by atoms with van der Waals surface area (Å²) in [5, 5.41) is 5.29. The topological polar surface area (TPSA) is 77.6 Å². The van der Waals surface area contributed by atoms with Crippen LogP contribution in [0.4, 0.5) is 0 Å². The molecule has 0 amide bonds. The molecule has 0 unspecified atom stereocenters. The minimum atomic E-state index is 0.581. The van der Waals surface area contributed by atoms with Crippen molar-refractivity contribution < 1.29 is 4.42 Å². The van der Waals surface area contributed by atoms with Crippen molar-refractivity contribution >= 4 is 43.6 Å². The number of fused-ring (bicyclic) bond motifs is 6. The second-order valence-corrected chi connectivity index (χ2v) is 12.5. The van der Waals surface area contributed by atoms with Gasteiger partial charge in [-0.15, -0.1) is 0 Å². The number of aromatic nitrogens is 5. The first-order chi connectivity index (χ1) is 25.2. The van der Waals surface area contributed by atoms with Gasteiger partial charge in [-0.25, -0.2) is 24.9 Å². The molecule has 10 aromatic rings. The number of nitrogens with zero attached hydrogens (tertiary/aromatic N) is 5. The first-order valence-corrected chi connectivity index (χ1v) is 16.8. The molecule has 6 nitrogen and oxygen atoms in total. The second-order valence-electron chi connectivity index (χ2n) is 12.5. The lowest BCUT2D eigenvalue weighted by molar-refractivity contribution is 0.668. The molecule has 0 aliphatic heterocycles. The molecular formula is C45H27N5O. The summed E-state index contributed by atoms with van der Waals surface area (Å²) in [5.74, 6) is 1.81. The molecule has 4 heterocycles. The lowest BCUT2D eigenvalue weighted by Gasteiger charge is -2.11. The predicted octanol–water partition coefficient (Wildman–Crippen LogP) is 11.2. The molecule has 0 aliphatic carbocycles. The van der Waals surface area contributed by atoms with Gasteiger partial charge in [0, 0.05) is 44.5 Å². The quantitative estimate of drug-likeness (QED) is 0.172. The standard InChI is InChI=1S/C45H27N5O/c1-3-13-30(14-4-1)43-48-44(31-15-5-2-6-16-31)50-45(49-43)33-18-11-17-32(26-33)42-40-35-20-9-10-21-38(35)51-39(40)27-37(47-42)36-25-24-29-23-22-28-12-7-8-19-34(28)41(29)46-36/h1-27H. The maximum Gasteiger partial charge on any atom is 0.164 e. The number of para-hydroxylation sites is 1. The van der Waals surface area contributed by atoms with Gasteiger partial charge in [0.2, 0.25) is 0 Å². The zero-order valence-corrected chi connectivity index (χ0v) is 27.2. The van der Waals surface area contributed by atoms with E-state index in [0.29, 0.717) is 17.5 Å². The van der Waals surface area contributed by atoms with Gasteiger partial charge in [-0.1, -0.05) is 140 Å². The highest BCUT2D eigenvalue weighted by Crippen LogP contribution is 2.39. The molecule has 238 valence electrons. The number of pyridine rings is 2. The fraction of sp³-hybridized carbons (Fsp3) is 0. The molecule has 0 saturated heterocycles. The van der Waals surface area contributed by atoms with Crippen LogP contribution in [0.1, 0.15) is 0 Å². The molecule has 0 N–H and O–H groups in total. The molecule has 10 rings (SSSR count). The maximum atomic E-state index is 6.48. The lowest BCUT2D eigenvalue weighted by Crippen LogP contribution is -2.00. The summed E-state index contributed by atoms with van der Waals surface area (Å²) in [4.78, 5) is 25.4. The summed E-state index contributed by atoms with van der Waals surface area (Å²) in [7, 11) is 0. The van der Waals surface area contributed by atoms with Crippen molar-refractivity contribution in [1.82, 2.24) is 24.9 Å². The Morgan fingerprint density at radius 3 is 1.71 bits per heavy atom. The highest BCUT2D eigenvalue weighted by Gasteiger charge is 2.19. The van der Waals surface area contributed by atoms with Gasteiger partial charge in [-0.3, -0.25) is 0 Å². The fourth-order valence-electron chi connectivity index (χ4n) is 6.83. The van der Waals surface area contributed by atoms with E-state index in [9.17, 15) is 0 Å². The summed E-state index contributed by atoms with van der Waals surface area (Å²) in [6, 6.07) is 55.1. The third-order valence-electron chi connectivity index (χ3n) is 9.30. The van der Waals surface area contributed by atoms with Crippen molar-refractivity contribution in [1.29, 1.82) is 0 Å². The first kappa shape index (κ1) is 28.9. The van der Waals surface area contributed by atoms with Crippen molar-refractivity contribution in [3.8, 4) is 56.8 Å². The van der Waals surface area contributed by atoms with Crippen LogP contribution in [-0.2, 0) is 0 Å². The van der Waals surface area contributed by atoms with E-state index in [4.69, 9.17) is 29.3 Å². The Labute approximate surface area is 292 Å². The van der Waals surface area contributed by atoms with E-state index in [-0.39, 0.29) is 0 Å². The van der Waals surface area contributed by atoms with Gasteiger partial charge in [0.1, 0.15) is 11.2 Å². The zero-order valence-electron chi connectivity index (χ0n) is 27.2. The normalized spacial score (nSPS) is 11.5. The van der Waals surface area contributed by atoms with Crippen molar-refractivity contribution in [3.63, 3.8) is 0 Å². The smallest absolute Gasteiger partial charge is 0.164 e. The van der Waals surface area contributed by atoms with Gasteiger partial charge in [0.15, 0.2) is 17.5 Å². The summed E-state index contributed by atoms with van der Waals surface area (Å²) in [5.41, 5.74) is 8.42. The van der Waals surface area contributed by atoms with E-state index in [1.165, 1.54) is 0 Å². The number of hydrogen-bond donors (Lipinski definition) is 0. The summed E-state index contributed by atoms with van der Waals surface area (Å²) < 4.78 is 6.48. The van der Waals surface area contributed by atoms with Crippen molar-refractivity contribution in [2.24, 2.45) is 0 Å². The van der Waals surface area contributed by atoms with E-state index in [1.807, 2.05) is 103 Å². The van der Waals surface area contributed by atoms with Crippen LogP contribution in [0.3, 0.4) is 0 Å². The zero-order chi connectivity index (χ0) is 33.7. The molecule has 6 aromatic carbocycles. The van der Waals surface area contributed by atoms with Crippen LogP contribution < -0.4 is 0 Å². The van der Waals surface area contributed by atoms with Crippen LogP contribution in [-0.4, -0.2) is 24.9 Å². The first-order valence-electron chi connectivity index (χ1n) is 16.8. The van der Waals surface area contributed by atoms with Gasteiger partial charge >= 0.3 is 0 Å². The number of rotatable bonds is 5. The molecule has 0 atom stereocenters. The summed E-state index contributed by atoms with van der Waals surface area (Å²) >= 11 is 0. The van der Waals surface area contributed by atoms with Gasteiger partial charge in [0.25, 0.3) is 0 Å². The molecule has 0 radical (unpaired) electrons. The average molecular weight is 654 g/mol. The van der Waals surface area contributed by atoms with E-state index < -0.39 is 0 Å². The molecule has 0 aliphatic rings. The third-order valence-corrected chi connectivity index (χ3v) is 9.30. The van der Waals surface area contributed by atoms with E-state index in [0.717, 1.165) is 82.9 Å². The summed E-state index contributed by atoms with van der Waals surface area (Å²) in [6.07, 6.45) is 0. The van der Waals surface area contributed by atoms with Crippen LogP contribution in [0.25, 0.3) is 100 Å². The maximum absolute atomic E-state index is 6.48. The van der Waals surface area contributed by atoms with Crippen molar-refractivity contribution in [2.75, 3.05) is 0 Å². The van der Waals surface area contributed by atoms with Crippen LogP contribution in [0, 0.1) is 0 Å². The Morgan fingerprint density at radius 1 is 0.353 bits per heavy atom. The van der Waals surface area contributed by atoms with Crippen molar-refractivity contribution in [2.45, 2.75) is 0 Å². The van der Waals surface area contributed by atoms with E-state index >= 15 is 0 Å².